The second-order valence-corrected chi connectivity index (χ2v) is 12.1. The Bertz CT molecular complexity index is 1290. The lowest BCUT2D eigenvalue weighted by molar-refractivity contribution is -0.395. The summed E-state index contributed by atoms with van der Waals surface area (Å²) in [5.74, 6) is -1.47. The molecule has 1 atom stereocenters. The van der Waals surface area contributed by atoms with E-state index in [0.717, 1.165) is 31.7 Å². The molecule has 1 aromatic carbocycles. The summed E-state index contributed by atoms with van der Waals surface area (Å²) >= 11 is 0. The Hall–Kier alpha value is -4.09. The minimum atomic E-state index is -0.855. The molecule has 1 heterocycles. The number of nitrogens with one attached hydrogen (secondary N) is 1. The number of ether oxygens (including phenoxy) is 2. The van der Waals surface area contributed by atoms with Gasteiger partial charge >= 0.3 is 5.97 Å². The zero-order valence-corrected chi connectivity index (χ0v) is 29.5. The minimum absolute atomic E-state index is 0.00770. The fraction of sp³-hybridized carbons (Fsp3) is 0.639. The van der Waals surface area contributed by atoms with Crippen molar-refractivity contribution in [1.29, 1.82) is 0 Å². The van der Waals surface area contributed by atoms with Gasteiger partial charge in [0.05, 0.1) is 34.7 Å². The van der Waals surface area contributed by atoms with Gasteiger partial charge in [0.25, 0.3) is 17.8 Å². The molecular formula is C36H55N3O9. The number of benzene rings is 1. The molecule has 0 bridgehead atoms. The van der Waals surface area contributed by atoms with Gasteiger partial charge < -0.3 is 19.6 Å². The summed E-state index contributed by atoms with van der Waals surface area (Å²) in [5, 5.41) is 27.8. The zero-order valence-electron chi connectivity index (χ0n) is 29.5. The number of rotatable bonds is 23. The quantitative estimate of drug-likeness (QED) is 0.0390. The Morgan fingerprint density at radius 2 is 1.35 bits per heavy atom. The van der Waals surface area contributed by atoms with Gasteiger partial charge in [-0.3, -0.25) is 25.0 Å². The molecule has 0 aromatic heterocycles. The van der Waals surface area contributed by atoms with E-state index in [4.69, 9.17) is 14.3 Å². The lowest BCUT2D eigenvalue weighted by Crippen LogP contribution is -2.30. The van der Waals surface area contributed by atoms with E-state index in [0.29, 0.717) is 47.4 Å². The van der Waals surface area contributed by atoms with Crippen LogP contribution in [0.4, 0.5) is 11.4 Å². The first kappa shape index (κ1) is 41.9. The number of unbranched alkanes of at least 4 members (excludes halogenated alkanes) is 12. The highest BCUT2D eigenvalue weighted by Crippen LogP contribution is 2.47. The maximum Gasteiger partial charge on any atom is 0.336 e. The Balaban J connectivity index is 0.00000565. The van der Waals surface area contributed by atoms with Gasteiger partial charge in [0, 0.05) is 34.9 Å². The number of esters is 1. The van der Waals surface area contributed by atoms with Crippen LogP contribution in [0.1, 0.15) is 140 Å². The summed E-state index contributed by atoms with van der Waals surface area (Å²) in [5.41, 5.74) is 2.40. The van der Waals surface area contributed by atoms with Crippen molar-refractivity contribution < 1.29 is 33.7 Å². The SMILES string of the molecule is C=O.CCCCCCCCCCCCCCCc1c([N+](=O)[O-])cc([N+](=O)[O-])c(C)c1C1C(CCOC=O)=C(C)NC(C)=C1C(=O)OCC. The first-order valence-electron chi connectivity index (χ1n) is 17.2. The average Bonchev–Trinajstić information content (AvgIpc) is 3.05. The maximum absolute atomic E-state index is 13.4. The van der Waals surface area contributed by atoms with Gasteiger partial charge in [0.1, 0.15) is 6.79 Å². The number of nitro benzene ring substituents is 2. The van der Waals surface area contributed by atoms with Crippen molar-refractivity contribution in [3.05, 3.63) is 65.5 Å². The van der Waals surface area contributed by atoms with Gasteiger partial charge in [-0.25, -0.2) is 4.79 Å². The molecule has 0 saturated heterocycles. The molecule has 0 fully saturated rings. The molecule has 1 aliphatic heterocycles. The Kier molecular flexibility index (Phi) is 20.3. The van der Waals surface area contributed by atoms with Gasteiger partial charge in [-0.1, -0.05) is 84.0 Å². The fourth-order valence-corrected chi connectivity index (χ4v) is 6.54. The standard InChI is InChI=1S/C35H53N3O8.CH2O/c1-6-8-9-10-11-12-13-14-15-16-17-18-19-20-29-31(38(43)44)23-30(37(41)42)25(3)32(29)34-28(21-22-45-24-39)26(4)36-27(5)33(34)35(40)46-7-2;1-2/h23-24,34,36H,6-22H2,1-5H3;1H2. The normalized spacial score (nSPS) is 14.1. The highest BCUT2D eigenvalue weighted by atomic mass is 16.6. The smallest absolute Gasteiger partial charge is 0.336 e. The van der Waals surface area contributed by atoms with Crippen molar-refractivity contribution in [1.82, 2.24) is 5.32 Å². The summed E-state index contributed by atoms with van der Waals surface area (Å²) in [6, 6.07) is 1.05. The van der Waals surface area contributed by atoms with Crippen LogP contribution >= 0.6 is 0 Å². The maximum atomic E-state index is 13.4. The van der Waals surface area contributed by atoms with E-state index in [-0.39, 0.29) is 42.1 Å². The van der Waals surface area contributed by atoms with Crippen LogP contribution in [0, 0.1) is 27.2 Å². The molecule has 1 aromatic rings. The van der Waals surface area contributed by atoms with Gasteiger partial charge in [-0.15, -0.1) is 0 Å². The molecule has 268 valence electrons. The molecule has 0 radical (unpaired) electrons. The largest absolute Gasteiger partial charge is 0.468 e. The highest BCUT2D eigenvalue weighted by Gasteiger charge is 2.40. The molecule has 0 saturated carbocycles. The van der Waals surface area contributed by atoms with Crippen LogP contribution in [-0.2, 0) is 30.3 Å². The van der Waals surface area contributed by atoms with Crippen LogP contribution in [0.2, 0.25) is 0 Å². The predicted octanol–water partition coefficient (Wildman–Crippen LogP) is 8.62. The van der Waals surface area contributed by atoms with Crippen LogP contribution in [0.15, 0.2) is 28.6 Å². The molecule has 2 rings (SSSR count). The third kappa shape index (κ3) is 12.5. The van der Waals surface area contributed by atoms with Crippen molar-refractivity contribution in [2.45, 2.75) is 137 Å². The molecule has 48 heavy (non-hydrogen) atoms. The van der Waals surface area contributed by atoms with E-state index in [2.05, 4.69) is 12.2 Å². The van der Waals surface area contributed by atoms with E-state index >= 15 is 0 Å². The van der Waals surface area contributed by atoms with Gasteiger partial charge in [0.2, 0.25) is 0 Å². The second kappa shape index (κ2) is 23.3. The zero-order chi connectivity index (χ0) is 36.1. The van der Waals surface area contributed by atoms with Crippen molar-refractivity contribution in [3.8, 4) is 0 Å². The highest BCUT2D eigenvalue weighted by molar-refractivity contribution is 5.93. The minimum Gasteiger partial charge on any atom is -0.468 e. The molecule has 1 unspecified atom stereocenters. The van der Waals surface area contributed by atoms with E-state index in [9.17, 15) is 29.8 Å². The summed E-state index contributed by atoms with van der Waals surface area (Å²) in [6.45, 7) is 11.5. The van der Waals surface area contributed by atoms with Crippen molar-refractivity contribution in [2.24, 2.45) is 0 Å². The number of nitro groups is 2. The third-order valence-electron chi connectivity index (χ3n) is 8.86. The molecule has 1 aliphatic rings. The number of allylic oxidation sites excluding steroid dienone is 2. The first-order chi connectivity index (χ1) is 23.1. The van der Waals surface area contributed by atoms with E-state index in [1.54, 1.807) is 20.8 Å². The number of dihydropyridines is 1. The lowest BCUT2D eigenvalue weighted by Gasteiger charge is -2.33. The summed E-state index contributed by atoms with van der Waals surface area (Å²) in [4.78, 5) is 55.8. The fourth-order valence-electron chi connectivity index (χ4n) is 6.54. The van der Waals surface area contributed by atoms with Crippen molar-refractivity contribution in [3.63, 3.8) is 0 Å². The Morgan fingerprint density at radius 3 is 1.83 bits per heavy atom. The topological polar surface area (TPSA) is 168 Å². The van der Waals surface area contributed by atoms with Gasteiger partial charge in [-0.2, -0.15) is 0 Å². The van der Waals surface area contributed by atoms with Gasteiger partial charge in [0.15, 0.2) is 0 Å². The molecular weight excluding hydrogens is 618 g/mol. The third-order valence-corrected chi connectivity index (χ3v) is 8.86. The molecule has 0 spiro atoms. The predicted molar refractivity (Wildman–Crippen MR) is 186 cm³/mol. The van der Waals surface area contributed by atoms with Crippen LogP contribution in [0.25, 0.3) is 0 Å². The monoisotopic (exact) mass is 673 g/mol. The van der Waals surface area contributed by atoms with Crippen LogP contribution in [0.3, 0.4) is 0 Å². The van der Waals surface area contributed by atoms with E-state index < -0.39 is 21.7 Å². The molecule has 0 aliphatic carbocycles. The molecule has 1 N–H and O–H groups in total. The van der Waals surface area contributed by atoms with Crippen LogP contribution < -0.4 is 5.32 Å². The number of nitrogens with zero attached hydrogens (tertiary/aromatic N) is 2. The van der Waals surface area contributed by atoms with E-state index in [1.807, 2.05) is 13.7 Å². The first-order valence-corrected chi connectivity index (χ1v) is 17.2. The number of carbonyl (C=O) groups is 3. The summed E-state index contributed by atoms with van der Waals surface area (Å²) < 4.78 is 10.4. The molecule has 0 amide bonds. The Morgan fingerprint density at radius 1 is 0.833 bits per heavy atom. The summed E-state index contributed by atoms with van der Waals surface area (Å²) in [7, 11) is 0. The lowest BCUT2D eigenvalue weighted by atomic mass is 9.74. The number of hydrogen-bond acceptors (Lipinski definition) is 10. The molecule has 12 heteroatoms. The van der Waals surface area contributed by atoms with E-state index in [1.165, 1.54) is 51.4 Å². The number of carbonyl (C=O) groups excluding carboxylic acids is 3. The van der Waals surface area contributed by atoms with Crippen molar-refractivity contribution in [2.75, 3.05) is 13.2 Å². The average molecular weight is 674 g/mol. The summed E-state index contributed by atoms with van der Waals surface area (Å²) in [6.07, 6.45) is 15.6. The Labute approximate surface area is 285 Å². The second-order valence-electron chi connectivity index (χ2n) is 12.1. The van der Waals surface area contributed by atoms with Gasteiger partial charge in [-0.05, 0) is 51.7 Å². The van der Waals surface area contributed by atoms with Crippen LogP contribution in [-0.4, -0.2) is 42.3 Å². The van der Waals surface area contributed by atoms with Crippen molar-refractivity contribution >= 4 is 30.6 Å². The molecule has 12 nitrogen and oxygen atoms in total. The number of hydrogen-bond donors (Lipinski definition) is 1. The van der Waals surface area contributed by atoms with Crippen LogP contribution in [0.5, 0.6) is 0 Å².